The third-order valence-electron chi connectivity index (χ3n) is 3.24. The van der Waals surface area contributed by atoms with E-state index in [1.165, 1.54) is 17.2 Å². The molecule has 0 aliphatic rings. The Bertz CT molecular complexity index is 599. The summed E-state index contributed by atoms with van der Waals surface area (Å²) in [5, 5.41) is 3.84. The smallest absolute Gasteiger partial charge is 0.127 e. The van der Waals surface area contributed by atoms with Crippen molar-refractivity contribution in [1.82, 2.24) is 10.2 Å². The van der Waals surface area contributed by atoms with Gasteiger partial charge in [0, 0.05) is 30.2 Å². The highest BCUT2D eigenvalue weighted by Gasteiger charge is 2.05. The van der Waals surface area contributed by atoms with Crippen molar-refractivity contribution < 1.29 is 4.39 Å². The SMILES string of the molecule is CN(C)Cc1ccccc1CNCc1cc(Cl)ccc1F. The molecule has 2 aromatic carbocycles. The summed E-state index contributed by atoms with van der Waals surface area (Å²) in [5.41, 5.74) is 3.10. The van der Waals surface area contributed by atoms with Crippen molar-refractivity contribution in [1.29, 1.82) is 0 Å². The highest BCUT2D eigenvalue weighted by atomic mass is 35.5. The van der Waals surface area contributed by atoms with Gasteiger partial charge in [-0.25, -0.2) is 4.39 Å². The van der Waals surface area contributed by atoms with Crippen molar-refractivity contribution in [2.45, 2.75) is 19.6 Å². The van der Waals surface area contributed by atoms with E-state index in [1.54, 1.807) is 12.1 Å². The normalized spacial score (nSPS) is 11.1. The van der Waals surface area contributed by atoms with E-state index in [0.717, 1.165) is 6.54 Å². The molecule has 4 heteroatoms. The number of nitrogens with zero attached hydrogens (tertiary/aromatic N) is 1. The Morgan fingerprint density at radius 2 is 1.67 bits per heavy atom. The Labute approximate surface area is 130 Å². The third kappa shape index (κ3) is 4.81. The fourth-order valence-electron chi connectivity index (χ4n) is 2.24. The van der Waals surface area contributed by atoms with Gasteiger partial charge in [-0.3, -0.25) is 0 Å². The fourth-order valence-corrected chi connectivity index (χ4v) is 2.43. The summed E-state index contributed by atoms with van der Waals surface area (Å²) in [6, 6.07) is 12.9. The van der Waals surface area contributed by atoms with Crippen LogP contribution in [0.25, 0.3) is 0 Å². The largest absolute Gasteiger partial charge is 0.308 e. The molecule has 0 aromatic heterocycles. The summed E-state index contributed by atoms with van der Waals surface area (Å²) in [5.74, 6) is -0.228. The molecule has 2 nitrogen and oxygen atoms in total. The minimum absolute atomic E-state index is 0.228. The second kappa shape index (κ2) is 7.55. The van der Waals surface area contributed by atoms with Gasteiger partial charge in [0.15, 0.2) is 0 Å². The number of rotatable bonds is 6. The Morgan fingerprint density at radius 3 is 2.38 bits per heavy atom. The lowest BCUT2D eigenvalue weighted by Crippen LogP contribution is -2.17. The van der Waals surface area contributed by atoms with Crippen LogP contribution >= 0.6 is 11.6 Å². The van der Waals surface area contributed by atoms with E-state index < -0.39 is 0 Å². The van der Waals surface area contributed by atoms with Crippen molar-refractivity contribution >= 4 is 11.6 Å². The fraction of sp³-hybridized carbons (Fsp3) is 0.294. The van der Waals surface area contributed by atoms with Crippen LogP contribution in [0.4, 0.5) is 4.39 Å². The molecule has 2 rings (SSSR count). The van der Waals surface area contributed by atoms with E-state index in [9.17, 15) is 4.39 Å². The molecular formula is C17H20ClFN2. The third-order valence-corrected chi connectivity index (χ3v) is 3.48. The van der Waals surface area contributed by atoms with Gasteiger partial charge in [0.05, 0.1) is 0 Å². The highest BCUT2D eigenvalue weighted by molar-refractivity contribution is 6.30. The maximum absolute atomic E-state index is 13.6. The zero-order chi connectivity index (χ0) is 15.2. The van der Waals surface area contributed by atoms with Gasteiger partial charge in [-0.1, -0.05) is 35.9 Å². The van der Waals surface area contributed by atoms with Crippen molar-refractivity contribution in [3.63, 3.8) is 0 Å². The first-order valence-electron chi connectivity index (χ1n) is 6.92. The van der Waals surface area contributed by atoms with Crippen LogP contribution in [0.3, 0.4) is 0 Å². The first-order valence-corrected chi connectivity index (χ1v) is 7.30. The van der Waals surface area contributed by atoms with Crippen LogP contribution in [0.15, 0.2) is 42.5 Å². The Morgan fingerprint density at radius 1 is 1.00 bits per heavy atom. The average molecular weight is 307 g/mol. The summed E-state index contributed by atoms with van der Waals surface area (Å²) in [6.07, 6.45) is 0. The van der Waals surface area contributed by atoms with Crippen LogP contribution < -0.4 is 5.32 Å². The zero-order valence-corrected chi connectivity index (χ0v) is 13.1. The number of halogens is 2. The van der Waals surface area contributed by atoms with E-state index >= 15 is 0 Å². The van der Waals surface area contributed by atoms with Crippen LogP contribution in [0.2, 0.25) is 5.02 Å². The standard InChI is InChI=1S/C17H20ClFN2/c1-21(2)12-14-6-4-3-5-13(14)10-20-11-15-9-16(18)7-8-17(15)19/h3-9,20H,10-12H2,1-2H3. The summed E-state index contributed by atoms with van der Waals surface area (Å²) in [6.45, 7) is 2.06. The van der Waals surface area contributed by atoms with Crippen LogP contribution in [-0.2, 0) is 19.6 Å². The van der Waals surface area contributed by atoms with Crippen molar-refractivity contribution in [2.24, 2.45) is 0 Å². The Balaban J connectivity index is 1.99. The van der Waals surface area contributed by atoms with E-state index in [2.05, 4.69) is 22.3 Å². The first-order chi connectivity index (χ1) is 10.1. The Hall–Kier alpha value is -1.42. The topological polar surface area (TPSA) is 15.3 Å². The summed E-state index contributed by atoms with van der Waals surface area (Å²) in [7, 11) is 4.09. The molecule has 0 saturated heterocycles. The molecule has 112 valence electrons. The number of hydrogen-bond donors (Lipinski definition) is 1. The highest BCUT2D eigenvalue weighted by Crippen LogP contribution is 2.15. The van der Waals surface area contributed by atoms with Gasteiger partial charge in [0.25, 0.3) is 0 Å². The molecule has 21 heavy (non-hydrogen) atoms. The first kappa shape index (κ1) is 16.0. The number of nitrogens with one attached hydrogen (secondary N) is 1. The summed E-state index contributed by atoms with van der Waals surface area (Å²) < 4.78 is 13.6. The molecule has 0 saturated carbocycles. The lowest BCUT2D eigenvalue weighted by Gasteiger charge is -2.15. The van der Waals surface area contributed by atoms with E-state index in [-0.39, 0.29) is 5.82 Å². The average Bonchev–Trinajstić information content (AvgIpc) is 2.44. The Kier molecular flexibility index (Phi) is 5.74. The molecule has 0 fully saturated rings. The van der Waals surface area contributed by atoms with Gasteiger partial charge in [0.2, 0.25) is 0 Å². The van der Waals surface area contributed by atoms with E-state index in [0.29, 0.717) is 23.7 Å². The summed E-state index contributed by atoms with van der Waals surface area (Å²) >= 11 is 5.90. The molecule has 0 bridgehead atoms. The zero-order valence-electron chi connectivity index (χ0n) is 12.4. The van der Waals surface area contributed by atoms with Crippen molar-refractivity contribution in [3.8, 4) is 0 Å². The lowest BCUT2D eigenvalue weighted by molar-refractivity contribution is 0.400. The van der Waals surface area contributed by atoms with Crippen LogP contribution in [-0.4, -0.2) is 19.0 Å². The predicted molar refractivity (Wildman–Crippen MR) is 85.8 cm³/mol. The second-order valence-corrected chi connectivity index (χ2v) is 5.78. The van der Waals surface area contributed by atoms with Gasteiger partial charge in [0.1, 0.15) is 5.82 Å². The van der Waals surface area contributed by atoms with Gasteiger partial charge in [-0.15, -0.1) is 0 Å². The molecule has 0 spiro atoms. The van der Waals surface area contributed by atoms with Gasteiger partial charge in [-0.05, 0) is 43.4 Å². The molecule has 0 aliphatic carbocycles. The van der Waals surface area contributed by atoms with Crippen molar-refractivity contribution in [2.75, 3.05) is 14.1 Å². The quantitative estimate of drug-likeness (QED) is 0.872. The molecule has 0 atom stereocenters. The van der Waals surface area contributed by atoms with Gasteiger partial charge < -0.3 is 10.2 Å². The second-order valence-electron chi connectivity index (χ2n) is 5.35. The van der Waals surface area contributed by atoms with Crippen LogP contribution in [0, 0.1) is 5.82 Å². The molecule has 1 N–H and O–H groups in total. The molecule has 2 aromatic rings. The minimum atomic E-state index is -0.228. The molecule has 0 unspecified atom stereocenters. The van der Waals surface area contributed by atoms with Crippen LogP contribution in [0.5, 0.6) is 0 Å². The van der Waals surface area contributed by atoms with Crippen molar-refractivity contribution in [3.05, 3.63) is 70.0 Å². The predicted octanol–water partition coefficient (Wildman–Crippen LogP) is 3.83. The van der Waals surface area contributed by atoms with Gasteiger partial charge in [-0.2, -0.15) is 0 Å². The minimum Gasteiger partial charge on any atom is -0.308 e. The number of hydrogen-bond acceptors (Lipinski definition) is 2. The maximum atomic E-state index is 13.6. The molecule has 0 radical (unpaired) electrons. The summed E-state index contributed by atoms with van der Waals surface area (Å²) in [4.78, 5) is 2.13. The van der Waals surface area contributed by atoms with Gasteiger partial charge >= 0.3 is 0 Å². The molecule has 0 amide bonds. The molecule has 0 aliphatic heterocycles. The monoisotopic (exact) mass is 306 g/mol. The van der Waals surface area contributed by atoms with E-state index in [1.807, 2.05) is 26.2 Å². The lowest BCUT2D eigenvalue weighted by atomic mass is 10.1. The van der Waals surface area contributed by atoms with Crippen LogP contribution in [0.1, 0.15) is 16.7 Å². The molecular weight excluding hydrogens is 287 g/mol. The van der Waals surface area contributed by atoms with E-state index in [4.69, 9.17) is 11.6 Å². The maximum Gasteiger partial charge on any atom is 0.127 e. The molecule has 0 heterocycles. The number of benzene rings is 2.